The van der Waals surface area contributed by atoms with Gasteiger partial charge in [-0.1, -0.05) is 18.2 Å². The van der Waals surface area contributed by atoms with E-state index in [0.29, 0.717) is 0 Å². The van der Waals surface area contributed by atoms with Gasteiger partial charge in [-0.3, -0.25) is 4.99 Å². The Bertz CT molecular complexity index is 379. The van der Waals surface area contributed by atoms with Crippen LogP contribution in [-0.4, -0.2) is 24.2 Å². The number of benzene rings is 1. The zero-order valence-corrected chi connectivity index (χ0v) is 9.76. The van der Waals surface area contributed by atoms with Crippen molar-refractivity contribution in [2.24, 2.45) is 4.99 Å². The predicted molar refractivity (Wildman–Crippen MR) is 69.2 cm³/mol. The van der Waals surface area contributed by atoms with Crippen molar-refractivity contribution in [3.05, 3.63) is 42.1 Å². The first-order chi connectivity index (χ1) is 7.90. The standard InChI is InChI=1S/C14H18N2/c1-2-16-12-6-9-14(16)10-11-15-13-7-4-3-5-8-13/h3-5,7-8,10-11H,2,6,9,12H2,1H3/b14-10-,15-11?. The van der Waals surface area contributed by atoms with Crippen molar-refractivity contribution in [2.45, 2.75) is 19.8 Å². The molecule has 2 rings (SSSR count). The molecular weight excluding hydrogens is 196 g/mol. The molecular formula is C14H18N2. The second-order valence-electron chi connectivity index (χ2n) is 3.95. The average molecular weight is 214 g/mol. The Morgan fingerprint density at radius 2 is 2.12 bits per heavy atom. The molecule has 0 bridgehead atoms. The molecule has 1 aromatic carbocycles. The largest absolute Gasteiger partial charge is 0.375 e. The highest BCUT2D eigenvalue weighted by Crippen LogP contribution is 2.19. The van der Waals surface area contributed by atoms with Crippen molar-refractivity contribution in [2.75, 3.05) is 13.1 Å². The summed E-state index contributed by atoms with van der Waals surface area (Å²) >= 11 is 0. The van der Waals surface area contributed by atoms with Crippen molar-refractivity contribution < 1.29 is 0 Å². The van der Waals surface area contributed by atoms with E-state index in [1.165, 1.54) is 25.1 Å². The van der Waals surface area contributed by atoms with Gasteiger partial charge in [0.15, 0.2) is 0 Å². The fourth-order valence-corrected chi connectivity index (χ4v) is 2.03. The lowest BCUT2D eigenvalue weighted by Gasteiger charge is -2.16. The molecule has 0 N–H and O–H groups in total. The number of para-hydroxylation sites is 1. The maximum absolute atomic E-state index is 4.41. The Kier molecular flexibility index (Phi) is 3.76. The van der Waals surface area contributed by atoms with Gasteiger partial charge in [-0.25, -0.2) is 0 Å². The Morgan fingerprint density at radius 3 is 2.88 bits per heavy atom. The van der Waals surface area contributed by atoms with Crippen LogP contribution >= 0.6 is 0 Å². The molecule has 0 saturated carbocycles. The molecule has 16 heavy (non-hydrogen) atoms. The minimum Gasteiger partial charge on any atom is -0.375 e. The Morgan fingerprint density at radius 1 is 1.31 bits per heavy atom. The summed E-state index contributed by atoms with van der Waals surface area (Å²) < 4.78 is 0. The van der Waals surface area contributed by atoms with E-state index in [9.17, 15) is 0 Å². The van der Waals surface area contributed by atoms with Crippen LogP contribution in [0.1, 0.15) is 19.8 Å². The van der Waals surface area contributed by atoms with Crippen molar-refractivity contribution in [3.63, 3.8) is 0 Å². The number of aliphatic imine (C=N–C) groups is 1. The van der Waals surface area contributed by atoms with E-state index in [2.05, 4.69) is 22.9 Å². The van der Waals surface area contributed by atoms with E-state index in [1.54, 1.807) is 0 Å². The van der Waals surface area contributed by atoms with E-state index in [1.807, 2.05) is 36.5 Å². The maximum Gasteiger partial charge on any atom is 0.0629 e. The number of allylic oxidation sites excluding steroid dienone is 2. The third-order valence-electron chi connectivity index (χ3n) is 2.90. The zero-order valence-electron chi connectivity index (χ0n) is 9.76. The Labute approximate surface area is 97.3 Å². The second-order valence-corrected chi connectivity index (χ2v) is 3.95. The fraction of sp³-hybridized carbons (Fsp3) is 0.357. The van der Waals surface area contributed by atoms with E-state index in [0.717, 1.165) is 12.2 Å². The molecule has 1 heterocycles. The van der Waals surface area contributed by atoms with Crippen LogP contribution in [0, 0.1) is 0 Å². The molecule has 1 aliphatic heterocycles. The predicted octanol–water partition coefficient (Wildman–Crippen LogP) is 3.39. The van der Waals surface area contributed by atoms with Crippen LogP contribution in [0.3, 0.4) is 0 Å². The molecule has 1 aromatic rings. The van der Waals surface area contributed by atoms with E-state index >= 15 is 0 Å². The minimum absolute atomic E-state index is 1.01. The van der Waals surface area contributed by atoms with Crippen LogP contribution in [0.5, 0.6) is 0 Å². The summed E-state index contributed by atoms with van der Waals surface area (Å²) in [4.78, 5) is 6.82. The molecule has 0 atom stereocenters. The van der Waals surface area contributed by atoms with Gasteiger partial charge in [0.05, 0.1) is 5.69 Å². The molecule has 0 aliphatic carbocycles. The smallest absolute Gasteiger partial charge is 0.0629 e. The number of nitrogens with zero attached hydrogens (tertiary/aromatic N) is 2. The van der Waals surface area contributed by atoms with Crippen molar-refractivity contribution in [1.82, 2.24) is 4.90 Å². The molecule has 1 aliphatic rings. The number of rotatable bonds is 3. The van der Waals surface area contributed by atoms with Gasteiger partial charge < -0.3 is 4.90 Å². The van der Waals surface area contributed by atoms with Crippen molar-refractivity contribution >= 4 is 11.9 Å². The average Bonchev–Trinajstić information content (AvgIpc) is 2.78. The van der Waals surface area contributed by atoms with Gasteiger partial charge in [-0.2, -0.15) is 0 Å². The number of likely N-dealkylation sites (tertiary alicyclic amines) is 1. The highest BCUT2D eigenvalue weighted by Gasteiger charge is 2.13. The van der Waals surface area contributed by atoms with Gasteiger partial charge in [0.25, 0.3) is 0 Å². The Hall–Kier alpha value is -1.57. The first-order valence-electron chi connectivity index (χ1n) is 5.93. The molecule has 0 aromatic heterocycles. The monoisotopic (exact) mass is 214 g/mol. The molecule has 0 unspecified atom stereocenters. The molecule has 0 spiro atoms. The summed E-state index contributed by atoms with van der Waals surface area (Å²) in [5.41, 5.74) is 2.43. The molecule has 1 fully saturated rings. The first kappa shape index (κ1) is 10.9. The summed E-state index contributed by atoms with van der Waals surface area (Å²) in [6, 6.07) is 10.1. The van der Waals surface area contributed by atoms with E-state index < -0.39 is 0 Å². The minimum atomic E-state index is 1.01. The lowest BCUT2D eigenvalue weighted by Crippen LogP contribution is -2.16. The lowest BCUT2D eigenvalue weighted by molar-refractivity contribution is 0.416. The van der Waals surface area contributed by atoms with Gasteiger partial charge in [0.1, 0.15) is 0 Å². The topological polar surface area (TPSA) is 15.6 Å². The van der Waals surface area contributed by atoms with Gasteiger partial charge in [-0.05, 0) is 38.0 Å². The maximum atomic E-state index is 4.41. The molecule has 1 saturated heterocycles. The highest BCUT2D eigenvalue weighted by atomic mass is 15.1. The molecule has 84 valence electrons. The van der Waals surface area contributed by atoms with Gasteiger partial charge in [0, 0.05) is 25.0 Å². The van der Waals surface area contributed by atoms with Crippen LogP contribution in [0.4, 0.5) is 5.69 Å². The van der Waals surface area contributed by atoms with Crippen LogP contribution in [0.25, 0.3) is 0 Å². The van der Waals surface area contributed by atoms with Crippen LogP contribution < -0.4 is 0 Å². The fourth-order valence-electron chi connectivity index (χ4n) is 2.03. The second kappa shape index (κ2) is 5.50. The number of hydrogen-bond acceptors (Lipinski definition) is 2. The molecule has 2 nitrogen and oxygen atoms in total. The number of hydrogen-bond donors (Lipinski definition) is 0. The first-order valence-corrected chi connectivity index (χ1v) is 5.93. The van der Waals surface area contributed by atoms with Crippen molar-refractivity contribution in [3.8, 4) is 0 Å². The summed E-state index contributed by atoms with van der Waals surface area (Å²) in [5.74, 6) is 0. The van der Waals surface area contributed by atoms with Gasteiger partial charge in [0.2, 0.25) is 0 Å². The van der Waals surface area contributed by atoms with Crippen molar-refractivity contribution in [1.29, 1.82) is 0 Å². The molecule has 0 amide bonds. The SMILES string of the molecule is CCN1CCC/C1=C/C=Nc1ccccc1. The summed E-state index contributed by atoms with van der Waals surface area (Å²) in [7, 11) is 0. The van der Waals surface area contributed by atoms with Crippen LogP contribution in [0.2, 0.25) is 0 Å². The summed E-state index contributed by atoms with van der Waals surface area (Å²) in [5, 5.41) is 0. The van der Waals surface area contributed by atoms with E-state index in [-0.39, 0.29) is 0 Å². The molecule has 2 heteroatoms. The van der Waals surface area contributed by atoms with Gasteiger partial charge in [-0.15, -0.1) is 0 Å². The normalized spacial score (nSPS) is 18.8. The van der Waals surface area contributed by atoms with Gasteiger partial charge >= 0.3 is 0 Å². The van der Waals surface area contributed by atoms with E-state index in [4.69, 9.17) is 0 Å². The van der Waals surface area contributed by atoms with Crippen LogP contribution in [-0.2, 0) is 0 Å². The zero-order chi connectivity index (χ0) is 11.2. The quantitative estimate of drug-likeness (QED) is 0.704. The summed E-state index contributed by atoms with van der Waals surface area (Å²) in [6.07, 6.45) is 6.52. The highest BCUT2D eigenvalue weighted by molar-refractivity contribution is 5.75. The summed E-state index contributed by atoms with van der Waals surface area (Å²) in [6.45, 7) is 4.50. The Balaban J connectivity index is 2.00. The van der Waals surface area contributed by atoms with Crippen LogP contribution in [0.15, 0.2) is 47.1 Å². The third kappa shape index (κ3) is 2.72. The third-order valence-corrected chi connectivity index (χ3v) is 2.90. The lowest BCUT2D eigenvalue weighted by atomic mass is 10.3. The molecule has 0 radical (unpaired) electrons.